The van der Waals surface area contributed by atoms with E-state index in [1.807, 2.05) is 31.4 Å². The van der Waals surface area contributed by atoms with Crippen LogP contribution in [0.5, 0.6) is 0 Å². The van der Waals surface area contributed by atoms with E-state index < -0.39 is 5.60 Å². The van der Waals surface area contributed by atoms with Crippen molar-refractivity contribution in [2.24, 2.45) is 11.3 Å². The Kier molecular flexibility index (Phi) is 4.65. The Labute approximate surface area is 175 Å². The number of nitrogens with zero attached hydrogens (tertiary/aromatic N) is 2. The largest absolute Gasteiger partial charge is 0.443 e. The molecule has 1 aromatic carbocycles. The van der Waals surface area contributed by atoms with Crippen molar-refractivity contribution in [2.45, 2.75) is 72.4 Å². The van der Waals surface area contributed by atoms with Crippen LogP contribution in [-0.2, 0) is 11.2 Å². The lowest BCUT2D eigenvalue weighted by Crippen LogP contribution is -2.56. The third kappa shape index (κ3) is 3.50. The van der Waals surface area contributed by atoms with Gasteiger partial charge in [0.15, 0.2) is 0 Å². The van der Waals surface area contributed by atoms with Gasteiger partial charge in [0, 0.05) is 24.6 Å². The van der Waals surface area contributed by atoms with Crippen LogP contribution in [0.1, 0.15) is 71.7 Å². The van der Waals surface area contributed by atoms with E-state index in [9.17, 15) is 4.79 Å². The molecule has 3 atom stereocenters. The highest BCUT2D eigenvalue weighted by Crippen LogP contribution is 2.50. The van der Waals surface area contributed by atoms with Crippen molar-refractivity contribution in [3.05, 3.63) is 35.5 Å². The molecule has 0 N–H and O–H groups in total. The number of aromatic nitrogens is 1. The summed E-state index contributed by atoms with van der Waals surface area (Å²) in [5, 5.41) is 1.22. The summed E-state index contributed by atoms with van der Waals surface area (Å²) in [6, 6.07) is 8.71. The fourth-order valence-electron chi connectivity index (χ4n) is 5.52. The second-order valence-electron chi connectivity index (χ2n) is 11.5. The van der Waals surface area contributed by atoms with Crippen molar-refractivity contribution in [3.8, 4) is 0 Å². The van der Waals surface area contributed by atoms with E-state index in [0.29, 0.717) is 12.0 Å². The van der Waals surface area contributed by atoms with Crippen molar-refractivity contribution >= 4 is 17.0 Å². The maximum absolute atomic E-state index is 13.4. The summed E-state index contributed by atoms with van der Waals surface area (Å²) >= 11 is 0. The Morgan fingerprint density at radius 3 is 2.45 bits per heavy atom. The molecular formula is C25H37N2O2+. The predicted molar refractivity (Wildman–Crippen MR) is 118 cm³/mol. The van der Waals surface area contributed by atoms with Crippen LogP contribution in [0.15, 0.2) is 24.3 Å². The summed E-state index contributed by atoms with van der Waals surface area (Å²) in [5.41, 5.74) is 3.34. The first-order valence-corrected chi connectivity index (χ1v) is 11.1. The van der Waals surface area contributed by atoms with Crippen molar-refractivity contribution in [1.82, 2.24) is 4.57 Å². The highest BCUT2D eigenvalue weighted by Gasteiger charge is 2.49. The third-order valence-corrected chi connectivity index (χ3v) is 7.26. The minimum Gasteiger partial charge on any atom is -0.443 e. The molecule has 2 aliphatic rings. The molecule has 4 heteroatoms. The number of quaternary nitrogens is 1. The van der Waals surface area contributed by atoms with Gasteiger partial charge in [-0.1, -0.05) is 39.0 Å². The SMILES string of the molecule is CC(C)(C)OC(=O)n1c2c(c3ccccc31)CC[N@@+]1(C)CC[C@H](C(C)(C)C)C[C@@H]21. The van der Waals surface area contributed by atoms with Crippen LogP contribution in [0.2, 0.25) is 0 Å². The first kappa shape index (κ1) is 20.5. The summed E-state index contributed by atoms with van der Waals surface area (Å²) in [6.45, 7) is 15.2. The van der Waals surface area contributed by atoms with Gasteiger partial charge in [0.05, 0.1) is 31.3 Å². The van der Waals surface area contributed by atoms with Crippen LogP contribution in [0.3, 0.4) is 0 Å². The maximum atomic E-state index is 13.4. The van der Waals surface area contributed by atoms with E-state index >= 15 is 0 Å². The van der Waals surface area contributed by atoms with E-state index in [1.165, 1.54) is 29.6 Å². The van der Waals surface area contributed by atoms with Crippen LogP contribution in [0.4, 0.5) is 4.79 Å². The number of para-hydroxylation sites is 1. The van der Waals surface area contributed by atoms with Gasteiger partial charge in [-0.25, -0.2) is 9.36 Å². The normalized spacial score (nSPS) is 27.4. The topological polar surface area (TPSA) is 31.2 Å². The number of carbonyl (C=O) groups is 1. The number of hydrogen-bond donors (Lipinski definition) is 0. The van der Waals surface area contributed by atoms with Crippen molar-refractivity contribution in [1.29, 1.82) is 0 Å². The number of ether oxygens (including phenoxy) is 1. The molecule has 0 spiro atoms. The average molecular weight is 398 g/mol. The Balaban J connectivity index is 1.90. The van der Waals surface area contributed by atoms with E-state index in [1.54, 1.807) is 0 Å². The van der Waals surface area contributed by atoms with Crippen molar-refractivity contribution in [3.63, 3.8) is 0 Å². The van der Waals surface area contributed by atoms with Gasteiger partial charge in [-0.2, -0.15) is 0 Å². The summed E-state index contributed by atoms with van der Waals surface area (Å²) in [6.07, 6.45) is 3.19. The molecule has 1 aromatic heterocycles. The van der Waals surface area contributed by atoms with Gasteiger partial charge >= 0.3 is 6.09 Å². The number of carbonyl (C=O) groups excluding carboxylic acids is 1. The van der Waals surface area contributed by atoms with Gasteiger partial charge in [0.2, 0.25) is 0 Å². The molecule has 29 heavy (non-hydrogen) atoms. The van der Waals surface area contributed by atoms with E-state index in [4.69, 9.17) is 4.74 Å². The highest BCUT2D eigenvalue weighted by atomic mass is 16.6. The van der Waals surface area contributed by atoms with Crippen LogP contribution >= 0.6 is 0 Å². The van der Waals surface area contributed by atoms with Crippen molar-refractivity contribution in [2.75, 3.05) is 20.1 Å². The zero-order valence-corrected chi connectivity index (χ0v) is 19.2. The molecule has 0 radical (unpaired) electrons. The molecule has 158 valence electrons. The fourth-order valence-corrected chi connectivity index (χ4v) is 5.52. The molecule has 0 unspecified atom stereocenters. The lowest BCUT2D eigenvalue weighted by Gasteiger charge is -2.52. The Morgan fingerprint density at radius 2 is 1.79 bits per heavy atom. The number of benzene rings is 1. The number of piperidine rings is 1. The summed E-state index contributed by atoms with van der Waals surface area (Å²) < 4.78 is 8.84. The monoisotopic (exact) mass is 397 g/mol. The highest BCUT2D eigenvalue weighted by molar-refractivity contribution is 5.94. The van der Waals surface area contributed by atoms with Gasteiger partial charge in [-0.3, -0.25) is 0 Å². The minimum atomic E-state index is -0.511. The molecule has 0 saturated carbocycles. The number of likely N-dealkylation sites (N-methyl/N-ethyl adjacent to an activating group) is 1. The maximum Gasteiger partial charge on any atom is 0.419 e. The molecule has 3 heterocycles. The van der Waals surface area contributed by atoms with E-state index in [2.05, 4.69) is 46.0 Å². The van der Waals surface area contributed by atoms with Crippen molar-refractivity contribution < 1.29 is 14.0 Å². The molecule has 4 nitrogen and oxygen atoms in total. The fraction of sp³-hybridized carbons (Fsp3) is 0.640. The summed E-state index contributed by atoms with van der Waals surface area (Å²) in [7, 11) is 2.39. The Morgan fingerprint density at radius 1 is 1.10 bits per heavy atom. The molecule has 2 aliphatic heterocycles. The van der Waals surface area contributed by atoms with Gasteiger partial charge in [-0.05, 0) is 43.7 Å². The zero-order valence-electron chi connectivity index (χ0n) is 19.2. The lowest BCUT2D eigenvalue weighted by atomic mass is 9.71. The molecule has 2 aromatic rings. The van der Waals surface area contributed by atoms with Gasteiger partial charge < -0.3 is 9.22 Å². The molecule has 0 bridgehead atoms. The molecule has 1 fully saturated rings. The Bertz CT molecular complexity index is 944. The molecule has 1 saturated heterocycles. The van der Waals surface area contributed by atoms with E-state index in [0.717, 1.165) is 29.4 Å². The smallest absolute Gasteiger partial charge is 0.419 e. The third-order valence-electron chi connectivity index (χ3n) is 7.26. The molecule has 0 amide bonds. The van der Waals surface area contributed by atoms with Crippen LogP contribution in [0.25, 0.3) is 10.9 Å². The predicted octanol–water partition coefficient (Wildman–Crippen LogP) is 5.92. The van der Waals surface area contributed by atoms with Crippen LogP contribution in [-0.4, -0.2) is 40.9 Å². The van der Waals surface area contributed by atoms with Gasteiger partial charge in [0.1, 0.15) is 11.6 Å². The number of fused-ring (bicyclic) bond motifs is 5. The first-order valence-electron chi connectivity index (χ1n) is 11.1. The summed E-state index contributed by atoms with van der Waals surface area (Å²) in [5.74, 6) is 0.662. The second-order valence-corrected chi connectivity index (χ2v) is 11.5. The molecule has 0 aliphatic carbocycles. The van der Waals surface area contributed by atoms with Crippen LogP contribution in [0, 0.1) is 11.3 Å². The quantitative estimate of drug-likeness (QED) is 0.516. The molecule has 4 rings (SSSR count). The second kappa shape index (κ2) is 6.60. The molecular weight excluding hydrogens is 360 g/mol. The lowest BCUT2D eigenvalue weighted by molar-refractivity contribution is -0.948. The van der Waals surface area contributed by atoms with Gasteiger partial charge in [-0.15, -0.1) is 0 Å². The standard InChI is InChI=1S/C25H37N2O2/c1-24(2,3)17-12-14-27(7)15-13-19-18-10-8-9-11-20(18)26(22(19)21(27)16-17)23(28)29-25(4,5)6/h8-11,17,21H,12-16H2,1-7H3/q+1/t17-,21-,27+/m0/s1. The average Bonchev–Trinajstić information content (AvgIpc) is 2.93. The minimum absolute atomic E-state index is 0.235. The first-order chi connectivity index (χ1) is 13.4. The van der Waals surface area contributed by atoms with Crippen LogP contribution < -0.4 is 0 Å². The zero-order chi connectivity index (χ0) is 21.2. The van der Waals surface area contributed by atoms with Gasteiger partial charge in [0.25, 0.3) is 0 Å². The van der Waals surface area contributed by atoms with E-state index in [-0.39, 0.29) is 11.5 Å². The number of hydrogen-bond acceptors (Lipinski definition) is 2. The summed E-state index contributed by atoms with van der Waals surface area (Å²) in [4.78, 5) is 13.4. The number of rotatable bonds is 0. The Hall–Kier alpha value is -1.81.